The molecule has 0 N–H and O–H groups in total. The van der Waals surface area contributed by atoms with Crippen molar-refractivity contribution in [1.82, 2.24) is 9.80 Å². The minimum absolute atomic E-state index is 0.129. The third kappa shape index (κ3) is 4.37. The first kappa shape index (κ1) is 19.9. The molecule has 0 unspecified atom stereocenters. The van der Waals surface area contributed by atoms with Crippen LogP contribution in [0.5, 0.6) is 0 Å². The average molecular weight is 389 g/mol. The van der Waals surface area contributed by atoms with Crippen molar-refractivity contribution in [2.75, 3.05) is 19.6 Å². The molecule has 1 saturated heterocycles. The molecule has 0 spiro atoms. The van der Waals surface area contributed by atoms with Gasteiger partial charge in [-0.2, -0.15) is 0 Å². The van der Waals surface area contributed by atoms with Crippen LogP contribution in [0.15, 0.2) is 30.0 Å². The third-order valence-electron chi connectivity index (χ3n) is 5.61. The Labute approximate surface area is 167 Å². The second-order valence-corrected chi connectivity index (χ2v) is 8.16. The number of unbranched alkanes of at least 4 members (excludes halogenated alkanes) is 3. The molecule has 1 fully saturated rings. The molecule has 1 aromatic rings. The third-order valence-corrected chi connectivity index (χ3v) is 5.86. The van der Waals surface area contributed by atoms with E-state index in [0.29, 0.717) is 28.8 Å². The van der Waals surface area contributed by atoms with E-state index in [2.05, 4.69) is 18.7 Å². The number of benzene rings is 1. The number of nitrogens with zero attached hydrogens (tertiary/aromatic N) is 2. The monoisotopic (exact) mass is 388 g/mol. The fraction of sp³-hybridized carbons (Fsp3) is 0.545. The summed E-state index contributed by atoms with van der Waals surface area (Å²) in [5.41, 5.74) is 1.91. The Morgan fingerprint density at radius 1 is 1.00 bits per heavy atom. The fourth-order valence-corrected chi connectivity index (χ4v) is 3.99. The zero-order chi connectivity index (χ0) is 19.4. The molecule has 0 radical (unpaired) electrons. The van der Waals surface area contributed by atoms with E-state index >= 15 is 0 Å². The van der Waals surface area contributed by atoms with Crippen LogP contribution in [0.2, 0.25) is 5.02 Å². The molecule has 0 aliphatic carbocycles. The molecule has 0 saturated carbocycles. The molecule has 2 aliphatic heterocycles. The molecule has 2 heterocycles. The molecule has 2 amide bonds. The van der Waals surface area contributed by atoms with Crippen molar-refractivity contribution in [3.63, 3.8) is 0 Å². The summed E-state index contributed by atoms with van der Waals surface area (Å²) in [4.78, 5) is 29.9. The molecule has 4 nitrogen and oxygen atoms in total. The maximum absolute atomic E-state index is 13.2. The smallest absolute Gasteiger partial charge is 0.277 e. The highest BCUT2D eigenvalue weighted by Crippen LogP contribution is 2.34. The number of halogens is 1. The predicted octanol–water partition coefficient (Wildman–Crippen LogP) is 4.73. The van der Waals surface area contributed by atoms with Crippen LogP contribution in [0, 0.1) is 5.92 Å². The molecule has 0 atom stereocenters. The SMILES string of the molecule is CCCCCCN1C(=O)C(c2ccc(Cl)cc2)=C(N2CCC(C)CC2)C1=O. The number of rotatable bonds is 7. The lowest BCUT2D eigenvalue weighted by molar-refractivity contribution is -0.137. The second kappa shape index (κ2) is 8.92. The Kier molecular flexibility index (Phi) is 6.59. The number of hydrogen-bond donors (Lipinski definition) is 0. The highest BCUT2D eigenvalue weighted by molar-refractivity contribution is 6.36. The van der Waals surface area contributed by atoms with E-state index in [-0.39, 0.29) is 11.8 Å². The molecular formula is C22H29ClN2O2. The first-order chi connectivity index (χ1) is 13.0. The molecule has 1 aromatic carbocycles. The van der Waals surface area contributed by atoms with Gasteiger partial charge in [-0.25, -0.2) is 0 Å². The van der Waals surface area contributed by atoms with Crippen molar-refractivity contribution < 1.29 is 9.59 Å². The molecule has 2 aliphatic rings. The number of piperidine rings is 1. The van der Waals surface area contributed by atoms with Crippen molar-refractivity contribution >= 4 is 29.0 Å². The molecule has 27 heavy (non-hydrogen) atoms. The van der Waals surface area contributed by atoms with E-state index in [1.165, 1.54) is 4.90 Å². The quantitative estimate of drug-likeness (QED) is 0.500. The van der Waals surface area contributed by atoms with Crippen molar-refractivity contribution in [3.05, 3.63) is 40.5 Å². The normalized spacial score (nSPS) is 18.8. The van der Waals surface area contributed by atoms with Gasteiger partial charge in [0.25, 0.3) is 11.8 Å². The van der Waals surface area contributed by atoms with Gasteiger partial charge in [0.15, 0.2) is 0 Å². The van der Waals surface area contributed by atoms with E-state index in [9.17, 15) is 9.59 Å². The number of carbonyl (C=O) groups excluding carboxylic acids is 2. The summed E-state index contributed by atoms with van der Waals surface area (Å²) in [7, 11) is 0. The van der Waals surface area contributed by atoms with E-state index in [1.54, 1.807) is 12.1 Å². The summed E-state index contributed by atoms with van der Waals surface area (Å²) >= 11 is 6.02. The standard InChI is InChI=1S/C22H29ClN2O2/c1-3-4-5-6-13-25-21(26)19(17-7-9-18(23)10-8-17)20(22(25)27)24-14-11-16(2)12-15-24/h7-10,16H,3-6,11-15H2,1-2H3. The van der Waals surface area contributed by atoms with Gasteiger partial charge in [-0.15, -0.1) is 0 Å². The Balaban J connectivity index is 1.89. The lowest BCUT2D eigenvalue weighted by Crippen LogP contribution is -2.38. The number of amides is 2. The highest BCUT2D eigenvalue weighted by Gasteiger charge is 2.41. The van der Waals surface area contributed by atoms with Crippen LogP contribution in [0.4, 0.5) is 0 Å². The summed E-state index contributed by atoms with van der Waals surface area (Å²) in [6, 6.07) is 7.24. The first-order valence-electron chi connectivity index (χ1n) is 10.1. The topological polar surface area (TPSA) is 40.6 Å². The zero-order valence-corrected chi connectivity index (χ0v) is 17.1. The predicted molar refractivity (Wildman–Crippen MR) is 109 cm³/mol. The molecule has 5 heteroatoms. The van der Waals surface area contributed by atoms with Crippen molar-refractivity contribution in [2.45, 2.75) is 52.4 Å². The lowest BCUT2D eigenvalue weighted by atomic mass is 9.97. The summed E-state index contributed by atoms with van der Waals surface area (Å²) in [5, 5.41) is 0.626. The molecular weight excluding hydrogens is 360 g/mol. The number of imide groups is 1. The van der Waals surface area contributed by atoms with Crippen LogP contribution in [0.1, 0.15) is 57.9 Å². The summed E-state index contributed by atoms with van der Waals surface area (Å²) < 4.78 is 0. The van der Waals surface area contributed by atoms with Crippen LogP contribution in [0.3, 0.4) is 0 Å². The van der Waals surface area contributed by atoms with Gasteiger partial charge in [0, 0.05) is 24.7 Å². The molecule has 0 bridgehead atoms. The van der Waals surface area contributed by atoms with E-state index in [4.69, 9.17) is 11.6 Å². The fourth-order valence-electron chi connectivity index (χ4n) is 3.87. The average Bonchev–Trinajstić information content (AvgIpc) is 2.91. The minimum atomic E-state index is -0.160. The zero-order valence-electron chi connectivity index (χ0n) is 16.3. The largest absolute Gasteiger partial charge is 0.366 e. The molecule has 0 aromatic heterocycles. The van der Waals surface area contributed by atoms with Crippen molar-refractivity contribution in [1.29, 1.82) is 0 Å². The maximum Gasteiger partial charge on any atom is 0.277 e. The Bertz CT molecular complexity index is 718. The second-order valence-electron chi connectivity index (χ2n) is 7.72. The van der Waals surface area contributed by atoms with Gasteiger partial charge in [0.1, 0.15) is 5.70 Å². The highest BCUT2D eigenvalue weighted by atomic mass is 35.5. The van der Waals surface area contributed by atoms with Gasteiger partial charge in [-0.05, 0) is 42.9 Å². The van der Waals surface area contributed by atoms with Gasteiger partial charge in [0.05, 0.1) is 5.57 Å². The van der Waals surface area contributed by atoms with Crippen LogP contribution < -0.4 is 0 Å². The maximum atomic E-state index is 13.2. The Hall–Kier alpha value is -1.81. The van der Waals surface area contributed by atoms with Crippen molar-refractivity contribution in [3.8, 4) is 0 Å². The first-order valence-corrected chi connectivity index (χ1v) is 10.5. The molecule has 146 valence electrons. The van der Waals surface area contributed by atoms with Gasteiger partial charge in [-0.3, -0.25) is 14.5 Å². The van der Waals surface area contributed by atoms with Gasteiger partial charge in [-0.1, -0.05) is 56.8 Å². The summed E-state index contributed by atoms with van der Waals surface area (Å²) in [6.45, 7) is 6.56. The van der Waals surface area contributed by atoms with Gasteiger partial charge in [0.2, 0.25) is 0 Å². The van der Waals surface area contributed by atoms with Crippen LogP contribution in [-0.4, -0.2) is 41.2 Å². The van der Waals surface area contributed by atoms with Gasteiger partial charge >= 0.3 is 0 Å². The van der Waals surface area contributed by atoms with Crippen LogP contribution in [0.25, 0.3) is 5.57 Å². The van der Waals surface area contributed by atoms with Crippen LogP contribution in [-0.2, 0) is 9.59 Å². The van der Waals surface area contributed by atoms with Gasteiger partial charge < -0.3 is 4.90 Å². The van der Waals surface area contributed by atoms with E-state index < -0.39 is 0 Å². The number of hydrogen-bond acceptors (Lipinski definition) is 3. The lowest BCUT2D eigenvalue weighted by Gasteiger charge is -2.32. The van der Waals surface area contributed by atoms with E-state index in [0.717, 1.165) is 57.2 Å². The van der Waals surface area contributed by atoms with Crippen LogP contribution >= 0.6 is 11.6 Å². The minimum Gasteiger partial charge on any atom is -0.366 e. The Morgan fingerprint density at radius 3 is 2.30 bits per heavy atom. The summed E-state index contributed by atoms with van der Waals surface area (Å²) in [5.74, 6) is 0.377. The number of carbonyl (C=O) groups is 2. The van der Waals surface area contributed by atoms with E-state index in [1.807, 2.05) is 12.1 Å². The summed E-state index contributed by atoms with van der Waals surface area (Å²) in [6.07, 6.45) is 6.27. The Morgan fingerprint density at radius 2 is 1.67 bits per heavy atom. The number of likely N-dealkylation sites (tertiary alicyclic amines) is 1. The molecule has 3 rings (SSSR count). The van der Waals surface area contributed by atoms with Crippen molar-refractivity contribution in [2.24, 2.45) is 5.92 Å².